The Morgan fingerprint density at radius 3 is 2.07 bits per heavy atom. The molecule has 1 heterocycles. The molecule has 6 nitrogen and oxygen atoms in total. The number of nitrogens with one attached hydrogen (secondary N) is 3. The van der Waals surface area contributed by atoms with Gasteiger partial charge >= 0.3 is 0 Å². The van der Waals surface area contributed by atoms with Crippen LogP contribution in [0.2, 0.25) is 0 Å². The highest BCUT2D eigenvalue weighted by atomic mass is 15.3. The molecule has 4 bridgehead atoms. The van der Waals surface area contributed by atoms with E-state index >= 15 is 0 Å². The van der Waals surface area contributed by atoms with Crippen LogP contribution in [0.15, 0.2) is 30.3 Å². The molecule has 3 N–H and O–H groups in total. The van der Waals surface area contributed by atoms with Crippen molar-refractivity contribution >= 4 is 17.8 Å². The first-order chi connectivity index (χ1) is 14.1. The quantitative estimate of drug-likeness (QED) is 0.635. The van der Waals surface area contributed by atoms with Gasteiger partial charge in [0.15, 0.2) is 0 Å². The highest BCUT2D eigenvalue weighted by Crippen LogP contribution is 2.56. The molecule has 2 aromatic rings. The van der Waals surface area contributed by atoms with E-state index in [0.717, 1.165) is 17.8 Å². The topological polar surface area (TPSA) is 74.8 Å². The summed E-state index contributed by atoms with van der Waals surface area (Å²) in [5, 5.41) is 10.5. The van der Waals surface area contributed by atoms with Crippen LogP contribution in [0.25, 0.3) is 0 Å². The molecule has 6 heteroatoms. The van der Waals surface area contributed by atoms with Crippen molar-refractivity contribution in [3.63, 3.8) is 0 Å². The smallest absolute Gasteiger partial charge is 0.229 e. The Morgan fingerprint density at radius 2 is 1.45 bits per heavy atom. The molecule has 0 radical (unpaired) electrons. The van der Waals surface area contributed by atoms with E-state index in [0.29, 0.717) is 24.4 Å². The molecule has 0 spiro atoms. The van der Waals surface area contributed by atoms with Gasteiger partial charge in [-0.05, 0) is 75.7 Å². The summed E-state index contributed by atoms with van der Waals surface area (Å²) < 4.78 is 0. The SMILES string of the molecule is CC(C)Nc1nc(NCc2ccccc2)nc(NC23CC4CC(CC(C4)C2)C3)n1. The maximum atomic E-state index is 4.75. The fourth-order valence-electron chi connectivity index (χ4n) is 6.11. The van der Waals surface area contributed by atoms with Crippen molar-refractivity contribution in [2.75, 3.05) is 16.0 Å². The summed E-state index contributed by atoms with van der Waals surface area (Å²) in [6, 6.07) is 10.6. The molecule has 154 valence electrons. The lowest BCUT2D eigenvalue weighted by Crippen LogP contribution is -2.55. The maximum absolute atomic E-state index is 4.75. The van der Waals surface area contributed by atoms with Gasteiger partial charge in [-0.25, -0.2) is 0 Å². The molecule has 29 heavy (non-hydrogen) atoms. The van der Waals surface area contributed by atoms with E-state index in [9.17, 15) is 0 Å². The number of anilines is 3. The minimum absolute atomic E-state index is 0.182. The van der Waals surface area contributed by atoms with E-state index in [1.165, 1.54) is 44.1 Å². The largest absolute Gasteiger partial charge is 0.352 e. The second-order valence-corrected chi connectivity index (χ2v) is 9.77. The number of rotatable bonds is 7. The van der Waals surface area contributed by atoms with Crippen molar-refractivity contribution < 1.29 is 0 Å². The first-order valence-corrected chi connectivity index (χ1v) is 11.1. The zero-order valence-electron chi connectivity index (χ0n) is 17.5. The van der Waals surface area contributed by atoms with Crippen LogP contribution in [-0.4, -0.2) is 26.5 Å². The van der Waals surface area contributed by atoms with Gasteiger partial charge in [-0.3, -0.25) is 0 Å². The van der Waals surface area contributed by atoms with Gasteiger partial charge in [0, 0.05) is 18.1 Å². The van der Waals surface area contributed by atoms with Crippen LogP contribution in [0.4, 0.5) is 17.8 Å². The van der Waals surface area contributed by atoms with Crippen molar-refractivity contribution in [3.8, 4) is 0 Å². The first kappa shape index (κ1) is 18.6. The number of benzene rings is 1. The predicted molar refractivity (Wildman–Crippen MR) is 117 cm³/mol. The van der Waals surface area contributed by atoms with Gasteiger partial charge in [0.2, 0.25) is 17.8 Å². The fraction of sp³-hybridized carbons (Fsp3) is 0.609. The van der Waals surface area contributed by atoms with Crippen LogP contribution in [0.1, 0.15) is 57.9 Å². The molecule has 0 saturated heterocycles. The Hall–Kier alpha value is -2.37. The molecule has 6 rings (SSSR count). The van der Waals surface area contributed by atoms with Gasteiger partial charge in [-0.15, -0.1) is 0 Å². The summed E-state index contributed by atoms with van der Waals surface area (Å²) in [5.41, 5.74) is 1.39. The van der Waals surface area contributed by atoms with Gasteiger partial charge in [-0.2, -0.15) is 15.0 Å². The van der Waals surface area contributed by atoms with Crippen molar-refractivity contribution in [3.05, 3.63) is 35.9 Å². The zero-order valence-corrected chi connectivity index (χ0v) is 17.5. The lowest BCUT2D eigenvalue weighted by Gasteiger charge is -2.56. The lowest BCUT2D eigenvalue weighted by molar-refractivity contribution is 0.0103. The molecule has 0 aliphatic heterocycles. The van der Waals surface area contributed by atoms with E-state index in [4.69, 9.17) is 9.97 Å². The van der Waals surface area contributed by atoms with Gasteiger partial charge in [0.25, 0.3) is 0 Å². The highest BCUT2D eigenvalue weighted by molar-refractivity contribution is 5.44. The summed E-state index contributed by atoms with van der Waals surface area (Å²) in [7, 11) is 0. The molecule has 0 unspecified atom stereocenters. The third-order valence-electron chi connectivity index (χ3n) is 6.76. The van der Waals surface area contributed by atoms with Crippen LogP contribution in [0.5, 0.6) is 0 Å². The summed E-state index contributed by atoms with van der Waals surface area (Å²) in [4.78, 5) is 14.1. The summed E-state index contributed by atoms with van der Waals surface area (Å²) in [5.74, 6) is 4.64. The number of hydrogen-bond donors (Lipinski definition) is 3. The van der Waals surface area contributed by atoms with Crippen LogP contribution in [0, 0.1) is 17.8 Å². The van der Waals surface area contributed by atoms with Crippen molar-refractivity contribution in [2.24, 2.45) is 17.8 Å². The van der Waals surface area contributed by atoms with E-state index in [1.54, 1.807) is 0 Å². The second-order valence-electron chi connectivity index (χ2n) is 9.77. The average molecular weight is 393 g/mol. The molecule has 4 aliphatic carbocycles. The molecule has 0 atom stereocenters. The molecule has 1 aromatic carbocycles. The number of aromatic nitrogens is 3. The van der Waals surface area contributed by atoms with E-state index in [-0.39, 0.29) is 11.6 Å². The molecular formula is C23H32N6. The molecule has 4 fully saturated rings. The van der Waals surface area contributed by atoms with Crippen LogP contribution < -0.4 is 16.0 Å². The zero-order chi connectivity index (χ0) is 19.8. The number of hydrogen-bond acceptors (Lipinski definition) is 6. The summed E-state index contributed by atoms with van der Waals surface area (Å²) >= 11 is 0. The molecule has 1 aromatic heterocycles. The second kappa shape index (κ2) is 7.47. The predicted octanol–water partition coefficient (Wildman–Crippen LogP) is 4.68. The molecular weight excluding hydrogens is 360 g/mol. The minimum Gasteiger partial charge on any atom is -0.352 e. The monoisotopic (exact) mass is 392 g/mol. The molecule has 4 aliphatic rings. The van der Waals surface area contributed by atoms with Gasteiger partial charge in [0.05, 0.1) is 0 Å². The van der Waals surface area contributed by atoms with Crippen molar-refractivity contribution in [1.29, 1.82) is 0 Å². The van der Waals surface area contributed by atoms with Crippen LogP contribution in [0.3, 0.4) is 0 Å². The third-order valence-corrected chi connectivity index (χ3v) is 6.76. The van der Waals surface area contributed by atoms with E-state index in [2.05, 4.69) is 59.0 Å². The van der Waals surface area contributed by atoms with Crippen LogP contribution in [-0.2, 0) is 6.54 Å². The Bertz CT molecular complexity index is 814. The fourth-order valence-corrected chi connectivity index (χ4v) is 6.11. The first-order valence-electron chi connectivity index (χ1n) is 11.1. The number of nitrogens with zero attached hydrogens (tertiary/aromatic N) is 3. The standard InChI is InChI=1S/C23H32N6/c1-15(2)25-21-26-20(24-14-16-6-4-3-5-7-16)27-22(28-21)29-23-11-17-8-18(12-23)10-19(9-17)13-23/h3-7,15,17-19H,8-14H2,1-2H3,(H3,24,25,26,27,28,29). The third kappa shape index (κ3) is 4.16. The van der Waals surface area contributed by atoms with Crippen molar-refractivity contribution in [1.82, 2.24) is 15.0 Å². The summed E-state index contributed by atoms with van der Waals surface area (Å²) in [6.45, 7) is 4.91. The Labute approximate surface area is 173 Å². The van der Waals surface area contributed by atoms with Crippen LogP contribution >= 0.6 is 0 Å². The highest BCUT2D eigenvalue weighted by Gasteiger charge is 2.51. The summed E-state index contributed by atoms with van der Waals surface area (Å²) in [6.07, 6.45) is 8.10. The lowest BCUT2D eigenvalue weighted by atomic mass is 9.53. The minimum atomic E-state index is 0.182. The average Bonchev–Trinajstić information content (AvgIpc) is 2.65. The molecule has 4 saturated carbocycles. The Morgan fingerprint density at radius 1 is 0.862 bits per heavy atom. The molecule has 0 amide bonds. The Kier molecular flexibility index (Phi) is 4.80. The van der Waals surface area contributed by atoms with E-state index in [1.807, 2.05) is 6.07 Å². The Balaban J connectivity index is 1.37. The normalized spacial score (nSPS) is 29.8. The van der Waals surface area contributed by atoms with Crippen molar-refractivity contribution in [2.45, 2.75) is 70.5 Å². The van der Waals surface area contributed by atoms with E-state index < -0.39 is 0 Å². The van der Waals surface area contributed by atoms with Gasteiger partial charge < -0.3 is 16.0 Å². The van der Waals surface area contributed by atoms with Gasteiger partial charge in [0.1, 0.15) is 0 Å². The van der Waals surface area contributed by atoms with Gasteiger partial charge in [-0.1, -0.05) is 30.3 Å². The maximum Gasteiger partial charge on any atom is 0.229 e.